The highest BCUT2D eigenvalue weighted by Crippen LogP contribution is 2.44. The molecular formula is C20H23F3N2O. The summed E-state index contributed by atoms with van der Waals surface area (Å²) in [6.45, 7) is 7.09. The Labute approximate surface area is 151 Å². The average Bonchev–Trinajstić information content (AvgIpc) is 2.78. The minimum Gasteiger partial charge on any atom is -0.287 e. The minimum atomic E-state index is -4.51. The molecule has 140 valence electrons. The highest BCUT2D eigenvalue weighted by molar-refractivity contribution is 5.87. The second kappa shape index (κ2) is 6.27. The molecule has 1 atom stereocenters. The summed E-state index contributed by atoms with van der Waals surface area (Å²) in [5, 5.41) is 2.77. The molecule has 2 aromatic carbocycles. The molecular weight excluding hydrogens is 341 g/mol. The fourth-order valence-electron chi connectivity index (χ4n) is 3.69. The van der Waals surface area contributed by atoms with Crippen molar-refractivity contribution < 1.29 is 18.0 Å². The molecule has 1 fully saturated rings. The molecule has 1 saturated heterocycles. The quantitative estimate of drug-likeness (QED) is 0.837. The van der Waals surface area contributed by atoms with Gasteiger partial charge in [-0.15, -0.1) is 0 Å². The maximum Gasteiger partial charge on any atom is 0.409 e. The molecule has 3 nitrogen and oxygen atoms in total. The number of hydrogen-bond acceptors (Lipinski definition) is 2. The molecule has 1 amide bonds. The van der Waals surface area contributed by atoms with E-state index in [1.54, 1.807) is 26.0 Å². The van der Waals surface area contributed by atoms with Crippen LogP contribution in [0.5, 0.6) is 0 Å². The first-order valence-electron chi connectivity index (χ1n) is 8.68. The van der Waals surface area contributed by atoms with Gasteiger partial charge in [-0.2, -0.15) is 13.2 Å². The van der Waals surface area contributed by atoms with E-state index in [1.165, 1.54) is 0 Å². The van der Waals surface area contributed by atoms with Gasteiger partial charge in [0.1, 0.15) is 6.04 Å². The Balaban J connectivity index is 2.20. The zero-order valence-electron chi connectivity index (χ0n) is 15.3. The molecule has 0 aromatic heterocycles. The highest BCUT2D eigenvalue weighted by Gasteiger charge is 2.51. The van der Waals surface area contributed by atoms with Crippen LogP contribution in [0.25, 0.3) is 10.8 Å². The fourth-order valence-corrected chi connectivity index (χ4v) is 3.69. The Morgan fingerprint density at radius 1 is 1.12 bits per heavy atom. The summed E-state index contributed by atoms with van der Waals surface area (Å²) >= 11 is 0. The monoisotopic (exact) mass is 364 g/mol. The first-order chi connectivity index (χ1) is 12.0. The summed E-state index contributed by atoms with van der Waals surface area (Å²) in [6, 6.07) is 8.85. The summed E-state index contributed by atoms with van der Waals surface area (Å²) in [4.78, 5) is 12.1. The van der Waals surface area contributed by atoms with Crippen molar-refractivity contribution in [1.29, 1.82) is 0 Å². The molecule has 0 aliphatic carbocycles. The lowest BCUT2D eigenvalue weighted by Crippen LogP contribution is -2.44. The number of hydrazine groups is 1. The van der Waals surface area contributed by atoms with Gasteiger partial charge in [0.05, 0.1) is 5.41 Å². The number of alkyl halides is 3. The van der Waals surface area contributed by atoms with E-state index < -0.39 is 23.5 Å². The molecule has 1 aliphatic heterocycles. The molecule has 1 aliphatic rings. The molecule has 3 rings (SSSR count). The van der Waals surface area contributed by atoms with E-state index in [4.69, 9.17) is 0 Å². The molecule has 1 heterocycles. The van der Waals surface area contributed by atoms with Gasteiger partial charge >= 0.3 is 6.18 Å². The van der Waals surface area contributed by atoms with E-state index >= 15 is 0 Å². The Bertz CT molecular complexity index is 843. The third-order valence-corrected chi connectivity index (χ3v) is 4.92. The first-order valence-corrected chi connectivity index (χ1v) is 8.68. The third-order valence-electron chi connectivity index (χ3n) is 4.92. The van der Waals surface area contributed by atoms with Crippen LogP contribution < -0.4 is 5.43 Å². The van der Waals surface area contributed by atoms with Crippen molar-refractivity contribution in [3.8, 4) is 0 Å². The molecule has 0 spiro atoms. The van der Waals surface area contributed by atoms with Gasteiger partial charge in [-0.05, 0) is 41.7 Å². The zero-order valence-corrected chi connectivity index (χ0v) is 15.3. The Hall–Kier alpha value is -2.08. The zero-order chi connectivity index (χ0) is 19.3. The summed E-state index contributed by atoms with van der Waals surface area (Å²) in [7, 11) is 0. The van der Waals surface area contributed by atoms with E-state index in [0.717, 1.165) is 15.8 Å². The number of fused-ring (bicyclic) bond motifs is 1. The van der Waals surface area contributed by atoms with Crippen molar-refractivity contribution in [1.82, 2.24) is 10.4 Å². The molecule has 0 bridgehead atoms. The number of carbonyl (C=O) groups is 1. The largest absolute Gasteiger partial charge is 0.409 e. The van der Waals surface area contributed by atoms with Gasteiger partial charge in [-0.25, -0.2) is 5.01 Å². The number of carbonyl (C=O) groups excluding carboxylic acids is 1. The van der Waals surface area contributed by atoms with Crippen molar-refractivity contribution in [2.24, 2.45) is 5.41 Å². The molecule has 26 heavy (non-hydrogen) atoms. The lowest BCUT2D eigenvalue weighted by molar-refractivity contribution is -0.191. The van der Waals surface area contributed by atoms with E-state index in [1.807, 2.05) is 38.1 Å². The smallest absolute Gasteiger partial charge is 0.287 e. The average molecular weight is 364 g/mol. The minimum absolute atomic E-state index is 0.000369. The van der Waals surface area contributed by atoms with Crippen LogP contribution in [0.4, 0.5) is 13.2 Å². The molecule has 1 N–H and O–H groups in total. The second-order valence-corrected chi connectivity index (χ2v) is 7.84. The Morgan fingerprint density at radius 3 is 2.31 bits per heavy atom. The number of benzene rings is 2. The summed E-state index contributed by atoms with van der Waals surface area (Å²) in [5.41, 5.74) is 2.44. The highest BCUT2D eigenvalue weighted by atomic mass is 19.4. The Kier molecular flexibility index (Phi) is 4.51. The number of rotatable bonds is 3. The Morgan fingerprint density at radius 2 is 1.77 bits per heavy atom. The molecule has 0 radical (unpaired) electrons. The van der Waals surface area contributed by atoms with E-state index in [0.29, 0.717) is 5.56 Å². The standard InChI is InChI=1S/C20H23F3N2O/c1-12(2)16-14-8-6-5-7-13(14)9-10-15(16)17(20(21,22)23)25-11-19(3,4)18(26)24-25/h5-10,12,17H,11H2,1-4H3,(H,24,26). The van der Waals surface area contributed by atoms with Crippen LogP contribution >= 0.6 is 0 Å². The van der Waals surface area contributed by atoms with Gasteiger partial charge in [0.15, 0.2) is 0 Å². The SMILES string of the molecule is CC(C)c1c(C(N2CC(C)(C)C(=O)N2)C(F)(F)F)ccc2ccccc12. The first kappa shape index (κ1) is 18.7. The molecule has 6 heteroatoms. The third kappa shape index (κ3) is 3.18. The van der Waals surface area contributed by atoms with E-state index in [-0.39, 0.29) is 18.0 Å². The van der Waals surface area contributed by atoms with Crippen LogP contribution in [0.15, 0.2) is 36.4 Å². The summed E-state index contributed by atoms with van der Waals surface area (Å²) < 4.78 is 42.3. The lowest BCUT2D eigenvalue weighted by atomic mass is 9.87. The van der Waals surface area contributed by atoms with Gasteiger partial charge < -0.3 is 0 Å². The fraction of sp³-hybridized carbons (Fsp3) is 0.450. The molecule has 1 unspecified atom stereocenters. The predicted molar refractivity (Wildman–Crippen MR) is 95.5 cm³/mol. The van der Waals surface area contributed by atoms with E-state index in [9.17, 15) is 18.0 Å². The summed E-state index contributed by atoms with van der Waals surface area (Å²) in [6.07, 6.45) is -4.51. The predicted octanol–water partition coefficient (Wildman–Crippen LogP) is 4.94. The van der Waals surface area contributed by atoms with Gasteiger partial charge in [0.2, 0.25) is 5.91 Å². The molecule has 2 aromatic rings. The van der Waals surface area contributed by atoms with E-state index in [2.05, 4.69) is 5.43 Å². The number of nitrogens with one attached hydrogen (secondary N) is 1. The van der Waals surface area contributed by atoms with Crippen LogP contribution in [0, 0.1) is 5.41 Å². The van der Waals surface area contributed by atoms with Crippen molar-refractivity contribution in [2.45, 2.75) is 45.8 Å². The lowest BCUT2D eigenvalue weighted by Gasteiger charge is -2.32. The van der Waals surface area contributed by atoms with Crippen molar-refractivity contribution in [3.05, 3.63) is 47.5 Å². The van der Waals surface area contributed by atoms with Gasteiger partial charge in [-0.3, -0.25) is 10.2 Å². The van der Waals surface area contributed by atoms with Crippen molar-refractivity contribution in [2.75, 3.05) is 6.54 Å². The van der Waals surface area contributed by atoms with Gasteiger partial charge in [0.25, 0.3) is 0 Å². The second-order valence-electron chi connectivity index (χ2n) is 7.84. The normalized spacial score (nSPS) is 19.2. The number of nitrogens with zero attached hydrogens (tertiary/aromatic N) is 1. The van der Waals surface area contributed by atoms with Crippen molar-refractivity contribution in [3.63, 3.8) is 0 Å². The van der Waals surface area contributed by atoms with Crippen LogP contribution in [-0.4, -0.2) is 23.6 Å². The van der Waals surface area contributed by atoms with Crippen LogP contribution in [-0.2, 0) is 4.79 Å². The maximum absolute atomic E-state index is 14.1. The van der Waals surface area contributed by atoms with Gasteiger partial charge in [0, 0.05) is 6.54 Å². The van der Waals surface area contributed by atoms with Gasteiger partial charge in [-0.1, -0.05) is 50.2 Å². The van der Waals surface area contributed by atoms with Crippen LogP contribution in [0.3, 0.4) is 0 Å². The van der Waals surface area contributed by atoms with Crippen LogP contribution in [0.2, 0.25) is 0 Å². The number of halogens is 3. The van der Waals surface area contributed by atoms with Crippen LogP contribution in [0.1, 0.15) is 50.8 Å². The van der Waals surface area contributed by atoms with Crippen molar-refractivity contribution >= 4 is 16.7 Å². The topological polar surface area (TPSA) is 32.3 Å². The number of amides is 1. The maximum atomic E-state index is 14.1. The number of hydrogen-bond donors (Lipinski definition) is 1. The summed E-state index contributed by atoms with van der Waals surface area (Å²) in [5.74, 6) is -0.481. The molecule has 0 saturated carbocycles.